The summed E-state index contributed by atoms with van der Waals surface area (Å²) < 4.78 is 0. The molecule has 1 aromatic rings. The minimum atomic E-state index is 0.855. The van der Waals surface area contributed by atoms with Crippen LogP contribution < -0.4 is 4.90 Å². The first-order valence-corrected chi connectivity index (χ1v) is 6.37. The molecule has 0 bridgehead atoms. The van der Waals surface area contributed by atoms with Crippen molar-refractivity contribution in [3.05, 3.63) is 23.4 Å². The first-order chi connectivity index (χ1) is 8.74. The minimum Gasteiger partial charge on any atom is -0.411 e. The number of pyridine rings is 1. The van der Waals surface area contributed by atoms with E-state index in [1.54, 1.807) is 0 Å². The van der Waals surface area contributed by atoms with Crippen LogP contribution in [0, 0.1) is 6.92 Å². The Morgan fingerprint density at radius 1 is 1.33 bits per heavy atom. The Hall–Kier alpha value is -1.62. The Bertz CT molecular complexity index is 425. The number of anilines is 1. The maximum absolute atomic E-state index is 8.54. The number of aromatic nitrogens is 1. The summed E-state index contributed by atoms with van der Waals surface area (Å²) in [5, 5.41) is 11.6. The Labute approximate surface area is 108 Å². The van der Waals surface area contributed by atoms with Crippen molar-refractivity contribution in [2.75, 3.05) is 37.6 Å². The molecule has 0 aromatic carbocycles. The van der Waals surface area contributed by atoms with Gasteiger partial charge in [-0.05, 0) is 25.6 Å². The quantitative estimate of drug-likeness (QED) is 0.498. The largest absolute Gasteiger partial charge is 0.411 e. The van der Waals surface area contributed by atoms with Gasteiger partial charge in [-0.25, -0.2) is 4.98 Å². The maximum atomic E-state index is 8.54. The van der Waals surface area contributed by atoms with E-state index in [-0.39, 0.29) is 0 Å². The van der Waals surface area contributed by atoms with Crippen molar-refractivity contribution in [3.8, 4) is 0 Å². The van der Waals surface area contributed by atoms with Crippen LogP contribution in [0.3, 0.4) is 0 Å². The summed E-state index contributed by atoms with van der Waals surface area (Å²) in [5.41, 5.74) is 1.75. The van der Waals surface area contributed by atoms with E-state index in [0.29, 0.717) is 0 Å². The lowest BCUT2D eigenvalue weighted by Crippen LogP contribution is -2.46. The van der Waals surface area contributed by atoms with Gasteiger partial charge in [0.2, 0.25) is 0 Å². The van der Waals surface area contributed by atoms with Crippen LogP contribution in [-0.4, -0.2) is 54.0 Å². The van der Waals surface area contributed by atoms with E-state index in [4.69, 9.17) is 5.21 Å². The third kappa shape index (κ3) is 2.79. The lowest BCUT2D eigenvalue weighted by molar-refractivity contribution is 0.270. The average Bonchev–Trinajstić information content (AvgIpc) is 2.41. The van der Waals surface area contributed by atoms with Crippen LogP contribution in [0.1, 0.15) is 18.2 Å². The molecule has 98 valence electrons. The Kier molecular flexibility index (Phi) is 4.15. The van der Waals surface area contributed by atoms with Gasteiger partial charge in [-0.1, -0.05) is 12.1 Å². The second kappa shape index (κ2) is 5.82. The van der Waals surface area contributed by atoms with Crippen molar-refractivity contribution in [2.24, 2.45) is 5.16 Å². The van der Waals surface area contributed by atoms with E-state index >= 15 is 0 Å². The molecule has 1 N–H and O–H groups in total. The summed E-state index contributed by atoms with van der Waals surface area (Å²) >= 11 is 0. The molecule has 18 heavy (non-hydrogen) atoms. The first-order valence-electron chi connectivity index (χ1n) is 6.37. The molecule has 0 unspecified atom stereocenters. The minimum absolute atomic E-state index is 0.855. The number of rotatable bonds is 3. The molecule has 1 aliphatic rings. The zero-order valence-corrected chi connectivity index (χ0v) is 11.0. The van der Waals surface area contributed by atoms with E-state index in [9.17, 15) is 0 Å². The molecule has 1 aliphatic heterocycles. The second-order valence-corrected chi connectivity index (χ2v) is 4.51. The van der Waals surface area contributed by atoms with E-state index in [1.165, 1.54) is 6.21 Å². The monoisotopic (exact) mass is 248 g/mol. The van der Waals surface area contributed by atoms with Crippen molar-refractivity contribution in [2.45, 2.75) is 13.8 Å². The summed E-state index contributed by atoms with van der Waals surface area (Å²) in [6, 6.07) is 3.94. The standard InChI is InChI=1S/C13H20N4O/c1-3-16-6-8-17(9-7-16)13-5-4-12(10-14-18)11(2)15-13/h4-5,10,18H,3,6-9H2,1-2H3/b14-10+. The summed E-state index contributed by atoms with van der Waals surface area (Å²) in [4.78, 5) is 9.32. The van der Waals surface area contributed by atoms with Crippen LogP contribution in [0.15, 0.2) is 17.3 Å². The van der Waals surface area contributed by atoms with Crippen molar-refractivity contribution in [3.63, 3.8) is 0 Å². The van der Waals surface area contributed by atoms with Gasteiger partial charge in [0.25, 0.3) is 0 Å². The van der Waals surface area contributed by atoms with Crippen LogP contribution in [0.25, 0.3) is 0 Å². The van der Waals surface area contributed by atoms with Gasteiger partial charge in [0.05, 0.1) is 6.21 Å². The van der Waals surface area contributed by atoms with Gasteiger partial charge < -0.3 is 15.0 Å². The highest BCUT2D eigenvalue weighted by Crippen LogP contribution is 2.15. The second-order valence-electron chi connectivity index (χ2n) is 4.51. The molecule has 0 spiro atoms. The summed E-state index contributed by atoms with van der Waals surface area (Å²) in [6.07, 6.45) is 1.42. The lowest BCUT2D eigenvalue weighted by Gasteiger charge is -2.34. The van der Waals surface area contributed by atoms with Gasteiger partial charge >= 0.3 is 0 Å². The van der Waals surface area contributed by atoms with E-state index < -0.39 is 0 Å². The zero-order valence-electron chi connectivity index (χ0n) is 11.0. The van der Waals surface area contributed by atoms with E-state index in [1.807, 2.05) is 19.1 Å². The lowest BCUT2D eigenvalue weighted by atomic mass is 10.2. The highest BCUT2D eigenvalue weighted by Gasteiger charge is 2.16. The van der Waals surface area contributed by atoms with Gasteiger partial charge in [-0.3, -0.25) is 0 Å². The fraction of sp³-hybridized carbons (Fsp3) is 0.538. The molecule has 1 fully saturated rings. The fourth-order valence-electron chi connectivity index (χ4n) is 2.23. The van der Waals surface area contributed by atoms with E-state index in [0.717, 1.165) is 49.8 Å². The first kappa shape index (κ1) is 12.8. The molecule has 0 aliphatic carbocycles. The van der Waals surface area contributed by atoms with Crippen molar-refractivity contribution < 1.29 is 5.21 Å². The van der Waals surface area contributed by atoms with Gasteiger partial charge in [0.1, 0.15) is 5.82 Å². The van der Waals surface area contributed by atoms with Gasteiger partial charge in [-0.2, -0.15) is 0 Å². The topological polar surface area (TPSA) is 52.0 Å². The number of piperazine rings is 1. The van der Waals surface area contributed by atoms with Crippen LogP contribution >= 0.6 is 0 Å². The smallest absolute Gasteiger partial charge is 0.128 e. The number of aryl methyl sites for hydroxylation is 1. The normalized spacial score (nSPS) is 17.6. The van der Waals surface area contributed by atoms with Crippen molar-refractivity contribution >= 4 is 12.0 Å². The van der Waals surface area contributed by atoms with Crippen molar-refractivity contribution in [1.82, 2.24) is 9.88 Å². The van der Waals surface area contributed by atoms with Crippen LogP contribution in [-0.2, 0) is 0 Å². The van der Waals surface area contributed by atoms with Crippen LogP contribution in [0.2, 0.25) is 0 Å². The molecule has 0 radical (unpaired) electrons. The third-order valence-corrected chi connectivity index (χ3v) is 3.45. The third-order valence-electron chi connectivity index (χ3n) is 3.45. The molecule has 1 aromatic heterocycles. The molecule has 1 saturated heterocycles. The highest BCUT2D eigenvalue weighted by atomic mass is 16.4. The predicted octanol–water partition coefficient (Wildman–Crippen LogP) is 1.34. The number of hydrogen-bond acceptors (Lipinski definition) is 5. The number of oxime groups is 1. The Balaban J connectivity index is 2.08. The SMILES string of the molecule is CCN1CCN(c2ccc(/C=N/O)c(C)n2)CC1. The molecule has 5 heteroatoms. The fourth-order valence-corrected chi connectivity index (χ4v) is 2.23. The van der Waals surface area contributed by atoms with Gasteiger partial charge in [-0.15, -0.1) is 0 Å². The molecule has 2 rings (SSSR count). The molecule has 0 amide bonds. The molecule has 0 saturated carbocycles. The Morgan fingerprint density at radius 2 is 2.06 bits per heavy atom. The number of nitrogens with zero attached hydrogens (tertiary/aromatic N) is 4. The summed E-state index contributed by atoms with van der Waals surface area (Å²) in [5.74, 6) is 1.01. The van der Waals surface area contributed by atoms with E-state index in [2.05, 4.69) is 26.9 Å². The number of hydrogen-bond donors (Lipinski definition) is 1. The Morgan fingerprint density at radius 3 is 2.61 bits per heavy atom. The summed E-state index contributed by atoms with van der Waals surface area (Å²) in [7, 11) is 0. The molecule has 5 nitrogen and oxygen atoms in total. The van der Waals surface area contributed by atoms with Gasteiger partial charge in [0.15, 0.2) is 0 Å². The maximum Gasteiger partial charge on any atom is 0.128 e. The number of likely N-dealkylation sites (N-methyl/N-ethyl adjacent to an activating group) is 1. The molecule has 0 atom stereocenters. The molecular formula is C13H20N4O. The van der Waals surface area contributed by atoms with Gasteiger partial charge in [0, 0.05) is 37.4 Å². The summed E-state index contributed by atoms with van der Waals surface area (Å²) in [6.45, 7) is 9.48. The molecule has 2 heterocycles. The average molecular weight is 248 g/mol. The highest BCUT2D eigenvalue weighted by molar-refractivity contribution is 5.80. The van der Waals surface area contributed by atoms with Crippen LogP contribution in [0.5, 0.6) is 0 Å². The molecular weight excluding hydrogens is 228 g/mol. The predicted molar refractivity (Wildman–Crippen MR) is 72.7 cm³/mol. The van der Waals surface area contributed by atoms with Crippen molar-refractivity contribution in [1.29, 1.82) is 0 Å². The van der Waals surface area contributed by atoms with Crippen LogP contribution in [0.4, 0.5) is 5.82 Å². The zero-order chi connectivity index (χ0) is 13.0.